The first-order valence-electron chi connectivity index (χ1n) is 6.53. The van der Waals surface area contributed by atoms with Crippen molar-refractivity contribution in [3.05, 3.63) is 0 Å². The van der Waals surface area contributed by atoms with Gasteiger partial charge in [0.05, 0.1) is 11.5 Å². The summed E-state index contributed by atoms with van der Waals surface area (Å²) in [7, 11) is -2.81. The van der Waals surface area contributed by atoms with Crippen molar-refractivity contribution < 1.29 is 8.42 Å². The highest BCUT2D eigenvalue weighted by atomic mass is 32.2. The summed E-state index contributed by atoms with van der Waals surface area (Å²) in [5.74, 6) is 0.653. The Morgan fingerprint density at radius 2 is 1.44 bits per heavy atom. The van der Waals surface area contributed by atoms with Crippen molar-refractivity contribution in [2.24, 2.45) is 0 Å². The third-order valence-electron chi connectivity index (χ3n) is 2.61. The molecule has 0 aromatic heterocycles. The molecule has 0 atom stereocenters. The Labute approximate surface area is 101 Å². The van der Waals surface area contributed by atoms with Gasteiger partial charge in [-0.05, 0) is 19.4 Å². The van der Waals surface area contributed by atoms with Crippen LogP contribution in [0, 0.1) is 0 Å². The van der Waals surface area contributed by atoms with Crippen LogP contribution in [0.2, 0.25) is 0 Å². The van der Waals surface area contributed by atoms with Gasteiger partial charge in [-0.15, -0.1) is 0 Å². The SMILES string of the molecule is CCCCCNCCS(=O)(=O)CCCCC. The van der Waals surface area contributed by atoms with E-state index >= 15 is 0 Å². The van der Waals surface area contributed by atoms with Gasteiger partial charge < -0.3 is 5.32 Å². The Bertz CT molecular complexity index is 237. The molecule has 0 radical (unpaired) electrons. The predicted octanol–water partition coefficient (Wildman–Crippen LogP) is 2.37. The first-order valence-corrected chi connectivity index (χ1v) is 8.35. The largest absolute Gasteiger partial charge is 0.316 e. The van der Waals surface area contributed by atoms with Crippen molar-refractivity contribution in [1.29, 1.82) is 0 Å². The Kier molecular flexibility index (Phi) is 10.0. The van der Waals surface area contributed by atoms with E-state index in [1.807, 2.05) is 0 Å². The van der Waals surface area contributed by atoms with Crippen molar-refractivity contribution in [2.45, 2.75) is 52.4 Å². The van der Waals surface area contributed by atoms with Gasteiger partial charge in [0.2, 0.25) is 0 Å². The molecule has 0 aromatic rings. The molecule has 0 amide bonds. The molecule has 0 saturated carbocycles. The van der Waals surface area contributed by atoms with Gasteiger partial charge >= 0.3 is 0 Å². The van der Waals surface area contributed by atoms with Gasteiger partial charge in [-0.2, -0.15) is 0 Å². The van der Waals surface area contributed by atoms with Crippen LogP contribution in [-0.4, -0.2) is 33.0 Å². The molecule has 0 saturated heterocycles. The Balaban J connectivity index is 3.43. The molecule has 0 aliphatic heterocycles. The molecule has 0 heterocycles. The van der Waals surface area contributed by atoms with E-state index in [0.29, 0.717) is 18.1 Å². The van der Waals surface area contributed by atoms with Gasteiger partial charge in [0, 0.05) is 6.54 Å². The van der Waals surface area contributed by atoms with Gasteiger partial charge in [0.15, 0.2) is 9.84 Å². The molecule has 4 heteroatoms. The molecule has 0 unspecified atom stereocenters. The summed E-state index contributed by atoms with van der Waals surface area (Å²) < 4.78 is 23.1. The summed E-state index contributed by atoms with van der Waals surface area (Å²) in [6, 6.07) is 0. The van der Waals surface area contributed by atoms with E-state index in [2.05, 4.69) is 19.2 Å². The third-order valence-corrected chi connectivity index (χ3v) is 4.34. The second-order valence-corrected chi connectivity index (χ2v) is 6.62. The van der Waals surface area contributed by atoms with Gasteiger partial charge in [-0.25, -0.2) is 8.42 Å². The lowest BCUT2D eigenvalue weighted by atomic mass is 10.2. The minimum Gasteiger partial charge on any atom is -0.316 e. The van der Waals surface area contributed by atoms with Crippen molar-refractivity contribution >= 4 is 9.84 Å². The Morgan fingerprint density at radius 1 is 0.812 bits per heavy atom. The molecule has 98 valence electrons. The summed E-state index contributed by atoms with van der Waals surface area (Å²) in [6.45, 7) is 5.80. The minimum absolute atomic E-state index is 0.294. The highest BCUT2D eigenvalue weighted by Crippen LogP contribution is 1.99. The van der Waals surface area contributed by atoms with Crippen molar-refractivity contribution in [3.63, 3.8) is 0 Å². The second-order valence-electron chi connectivity index (χ2n) is 4.32. The molecule has 0 aliphatic carbocycles. The molecule has 16 heavy (non-hydrogen) atoms. The quantitative estimate of drug-likeness (QED) is 0.572. The van der Waals surface area contributed by atoms with Crippen LogP contribution in [0.4, 0.5) is 0 Å². The van der Waals surface area contributed by atoms with E-state index in [1.165, 1.54) is 12.8 Å². The topological polar surface area (TPSA) is 46.2 Å². The van der Waals surface area contributed by atoms with Crippen molar-refractivity contribution in [1.82, 2.24) is 5.32 Å². The summed E-state index contributed by atoms with van der Waals surface area (Å²) in [5, 5.41) is 3.19. The standard InChI is InChI=1S/C12H27NO2S/c1-3-5-7-9-13-10-12-16(14,15)11-8-6-4-2/h13H,3-12H2,1-2H3. The second kappa shape index (κ2) is 10.1. The lowest BCUT2D eigenvalue weighted by molar-refractivity contribution is 0.582. The first kappa shape index (κ1) is 15.9. The maximum atomic E-state index is 11.6. The van der Waals surface area contributed by atoms with E-state index in [1.54, 1.807) is 0 Å². The number of unbranched alkanes of at least 4 members (excludes halogenated alkanes) is 4. The molecule has 0 aliphatic rings. The Morgan fingerprint density at radius 3 is 2.06 bits per heavy atom. The van der Waals surface area contributed by atoms with E-state index in [0.717, 1.165) is 32.2 Å². The van der Waals surface area contributed by atoms with E-state index in [4.69, 9.17) is 0 Å². The first-order chi connectivity index (χ1) is 7.62. The van der Waals surface area contributed by atoms with E-state index in [-0.39, 0.29) is 0 Å². The maximum absolute atomic E-state index is 11.6. The number of hydrogen-bond donors (Lipinski definition) is 1. The Hall–Kier alpha value is -0.0900. The summed E-state index contributed by atoms with van der Waals surface area (Å²) >= 11 is 0. The number of sulfone groups is 1. The molecule has 0 aromatic carbocycles. The van der Waals surface area contributed by atoms with E-state index in [9.17, 15) is 8.42 Å². The number of hydrogen-bond acceptors (Lipinski definition) is 3. The molecule has 0 fully saturated rings. The van der Waals surface area contributed by atoms with Gasteiger partial charge in [-0.1, -0.05) is 39.5 Å². The zero-order chi connectivity index (χ0) is 12.3. The lowest BCUT2D eigenvalue weighted by Gasteiger charge is -2.05. The van der Waals surface area contributed by atoms with E-state index < -0.39 is 9.84 Å². The minimum atomic E-state index is -2.81. The molecular formula is C12H27NO2S. The van der Waals surface area contributed by atoms with Crippen LogP contribution in [0.25, 0.3) is 0 Å². The van der Waals surface area contributed by atoms with Crippen LogP contribution in [-0.2, 0) is 9.84 Å². The van der Waals surface area contributed by atoms with Crippen LogP contribution >= 0.6 is 0 Å². The van der Waals surface area contributed by atoms with Crippen LogP contribution in [0.3, 0.4) is 0 Å². The summed E-state index contributed by atoms with van der Waals surface area (Å²) in [5.41, 5.74) is 0. The predicted molar refractivity (Wildman–Crippen MR) is 70.6 cm³/mol. The molecule has 0 spiro atoms. The van der Waals surface area contributed by atoms with Crippen LogP contribution < -0.4 is 5.32 Å². The van der Waals surface area contributed by atoms with Crippen LogP contribution in [0.15, 0.2) is 0 Å². The number of rotatable bonds is 11. The van der Waals surface area contributed by atoms with Gasteiger partial charge in [0.25, 0.3) is 0 Å². The summed E-state index contributed by atoms with van der Waals surface area (Å²) in [4.78, 5) is 0. The van der Waals surface area contributed by atoms with Crippen LogP contribution in [0.5, 0.6) is 0 Å². The fourth-order valence-corrected chi connectivity index (χ4v) is 2.83. The van der Waals surface area contributed by atoms with Crippen molar-refractivity contribution in [3.8, 4) is 0 Å². The smallest absolute Gasteiger partial charge is 0.151 e. The molecule has 0 bridgehead atoms. The monoisotopic (exact) mass is 249 g/mol. The molecule has 0 rings (SSSR count). The maximum Gasteiger partial charge on any atom is 0.151 e. The fraction of sp³-hybridized carbons (Fsp3) is 1.00. The number of nitrogens with one attached hydrogen (secondary N) is 1. The average molecular weight is 249 g/mol. The highest BCUT2D eigenvalue weighted by Gasteiger charge is 2.08. The molecular weight excluding hydrogens is 222 g/mol. The lowest BCUT2D eigenvalue weighted by Crippen LogP contribution is -2.25. The third kappa shape index (κ3) is 10.4. The fourth-order valence-electron chi connectivity index (χ4n) is 1.53. The van der Waals surface area contributed by atoms with Gasteiger partial charge in [-0.3, -0.25) is 0 Å². The van der Waals surface area contributed by atoms with Crippen LogP contribution in [0.1, 0.15) is 52.4 Å². The molecule has 3 nitrogen and oxygen atoms in total. The zero-order valence-electron chi connectivity index (χ0n) is 10.8. The summed E-state index contributed by atoms with van der Waals surface area (Å²) in [6.07, 6.45) is 6.47. The zero-order valence-corrected chi connectivity index (χ0v) is 11.6. The van der Waals surface area contributed by atoms with Gasteiger partial charge in [0.1, 0.15) is 0 Å². The average Bonchev–Trinajstić information content (AvgIpc) is 2.23. The highest BCUT2D eigenvalue weighted by molar-refractivity contribution is 7.91. The molecule has 1 N–H and O–H groups in total. The van der Waals surface area contributed by atoms with Crippen molar-refractivity contribution in [2.75, 3.05) is 24.6 Å². The normalized spacial score (nSPS) is 11.9.